The maximum atomic E-state index is 11.7. The number of anilines is 2. The second-order valence-electron chi connectivity index (χ2n) is 12.8. The monoisotopic (exact) mass is 852 g/mol. The summed E-state index contributed by atoms with van der Waals surface area (Å²) in [5.74, 6) is -6.68. The average molecular weight is 853 g/mol. The van der Waals surface area contributed by atoms with E-state index in [2.05, 4.69) is 55.7 Å². The fourth-order valence-electron chi connectivity index (χ4n) is 5.85. The number of nitrogens with zero attached hydrogens (tertiary/aromatic N) is 16. The van der Waals surface area contributed by atoms with Gasteiger partial charge in [0.25, 0.3) is 5.69 Å². The minimum atomic E-state index is -1.42. The number of benzene rings is 2. The third-order valence-corrected chi connectivity index (χ3v) is 8.76. The Hall–Kier alpha value is -10.2. The standard InChI is InChI=1S/C36H24N18O9/c1-14-26(45-47-30-20(11-37)12-41-51(30)21-6-16(32(55)56)4-17(7-21)33(57)58)28(38)53(49-14)24-10-25(44-36(63)43-24)54-29(39)27(15(2)50-54)46-48-31-23(40-3)13-42-52(31)22-8-18(34(59)60)5-19(9-22)35(61)62/h4-10,12-13H,38-39H2,1-2H3,(H,55,56)(H,57,58)(H,59,60)(H,61,62)(H,43,44,63). The molecule has 0 aliphatic heterocycles. The van der Waals surface area contributed by atoms with Crippen LogP contribution in [0.15, 0.2) is 75.3 Å². The second kappa shape index (κ2) is 15.9. The summed E-state index contributed by atoms with van der Waals surface area (Å²) in [6.07, 6.45) is 2.24. The van der Waals surface area contributed by atoms with E-state index in [9.17, 15) is 50.0 Å². The number of aryl methyl sites for hydroxylation is 2. The summed E-state index contributed by atoms with van der Waals surface area (Å²) in [7, 11) is 0. The molecule has 7 rings (SSSR count). The highest BCUT2D eigenvalue weighted by molar-refractivity contribution is 5.96. The Balaban J connectivity index is 1.23. The lowest BCUT2D eigenvalue weighted by molar-refractivity contribution is 0.0676. The minimum absolute atomic E-state index is 0.0363. The second-order valence-corrected chi connectivity index (χ2v) is 12.8. The van der Waals surface area contributed by atoms with Crippen molar-refractivity contribution in [3.63, 3.8) is 0 Å². The maximum absolute atomic E-state index is 11.7. The molecule has 0 bridgehead atoms. The van der Waals surface area contributed by atoms with Gasteiger partial charge >= 0.3 is 29.9 Å². The van der Waals surface area contributed by atoms with Gasteiger partial charge in [-0.1, -0.05) is 0 Å². The lowest BCUT2D eigenvalue weighted by atomic mass is 10.1. The van der Waals surface area contributed by atoms with Crippen molar-refractivity contribution in [3.05, 3.63) is 105 Å². The van der Waals surface area contributed by atoms with E-state index in [4.69, 9.17) is 18.0 Å². The molecule has 0 aliphatic carbocycles. The molecule has 5 aromatic heterocycles. The van der Waals surface area contributed by atoms with Gasteiger partial charge in [-0.2, -0.15) is 45.0 Å². The van der Waals surface area contributed by atoms with Crippen molar-refractivity contribution >= 4 is 64.2 Å². The van der Waals surface area contributed by atoms with Gasteiger partial charge < -0.3 is 37.0 Å². The van der Waals surface area contributed by atoms with E-state index in [1.165, 1.54) is 19.9 Å². The number of rotatable bonds is 12. The number of nitrogens with two attached hydrogens (primary N) is 2. The van der Waals surface area contributed by atoms with E-state index >= 15 is 0 Å². The number of carboxylic acids is 4. The first-order valence-electron chi connectivity index (χ1n) is 17.3. The molecule has 0 amide bonds. The predicted molar refractivity (Wildman–Crippen MR) is 211 cm³/mol. The summed E-state index contributed by atoms with van der Waals surface area (Å²) in [6, 6.07) is 8.82. The Bertz CT molecular complexity index is 2980. The summed E-state index contributed by atoms with van der Waals surface area (Å²) in [5, 5.41) is 92.0. The number of azo groups is 2. The van der Waals surface area contributed by atoms with Crippen LogP contribution in [0, 0.1) is 31.8 Å². The van der Waals surface area contributed by atoms with Crippen LogP contribution in [0.25, 0.3) is 27.9 Å². The average Bonchev–Trinajstić information content (AvgIpc) is 4.01. The van der Waals surface area contributed by atoms with E-state index < -0.39 is 29.9 Å². The van der Waals surface area contributed by atoms with E-state index in [1.807, 2.05) is 6.07 Å². The van der Waals surface area contributed by atoms with E-state index in [1.54, 1.807) is 0 Å². The normalized spacial score (nSPS) is 11.2. The predicted octanol–water partition coefficient (Wildman–Crippen LogP) is 4.75. The van der Waals surface area contributed by atoms with Crippen LogP contribution in [0.1, 0.15) is 58.4 Å². The van der Waals surface area contributed by atoms with Crippen LogP contribution in [-0.2, 0) is 0 Å². The lowest BCUT2D eigenvalue weighted by Crippen LogP contribution is -2.09. The fraction of sp³-hybridized carbons (Fsp3) is 0.0556. The molecule has 0 atom stereocenters. The molecule has 0 unspecified atom stereocenters. The molecule has 0 aliphatic rings. The van der Waals surface area contributed by atoms with Crippen LogP contribution >= 0.6 is 0 Å². The van der Waals surface area contributed by atoms with E-state index in [0.717, 1.165) is 67.5 Å². The van der Waals surface area contributed by atoms with Gasteiger partial charge in [0.05, 0.1) is 64.0 Å². The molecule has 27 heteroatoms. The van der Waals surface area contributed by atoms with Crippen molar-refractivity contribution in [2.24, 2.45) is 20.5 Å². The molecular weight excluding hydrogens is 829 g/mol. The molecule has 63 heavy (non-hydrogen) atoms. The number of carboxylic acid groups (broad SMARTS) is 4. The van der Waals surface area contributed by atoms with Crippen molar-refractivity contribution in [2.45, 2.75) is 13.8 Å². The van der Waals surface area contributed by atoms with Crippen LogP contribution in [0.5, 0.6) is 6.01 Å². The van der Waals surface area contributed by atoms with Crippen molar-refractivity contribution in [3.8, 4) is 35.1 Å². The molecule has 0 fully saturated rings. The number of hydrogen-bond donors (Lipinski definition) is 7. The van der Waals surface area contributed by atoms with Crippen LogP contribution in [-0.4, -0.2) is 98.5 Å². The zero-order valence-corrected chi connectivity index (χ0v) is 31.9. The largest absolute Gasteiger partial charge is 0.479 e. The Morgan fingerprint density at radius 3 is 1.48 bits per heavy atom. The molecule has 0 saturated heterocycles. The fourth-order valence-corrected chi connectivity index (χ4v) is 5.85. The summed E-state index contributed by atoms with van der Waals surface area (Å²) in [5.41, 5.74) is 11.3. The first-order chi connectivity index (χ1) is 30.0. The maximum Gasteiger partial charge on any atom is 0.335 e. The van der Waals surface area contributed by atoms with Crippen molar-refractivity contribution in [2.75, 3.05) is 11.5 Å². The Labute approximate surface area is 349 Å². The summed E-state index contributed by atoms with van der Waals surface area (Å²) in [6.45, 7) is 10.6. The van der Waals surface area contributed by atoms with E-state index in [-0.39, 0.29) is 103 Å². The molecular formula is C36H24N18O9. The first-order valence-corrected chi connectivity index (χ1v) is 17.3. The van der Waals surface area contributed by atoms with Crippen molar-refractivity contribution in [1.29, 1.82) is 5.26 Å². The third kappa shape index (κ3) is 7.63. The highest BCUT2D eigenvalue weighted by Gasteiger charge is 2.23. The number of aromatic carboxylic acids is 4. The van der Waals surface area contributed by atoms with Gasteiger partial charge in [0.2, 0.25) is 0 Å². The van der Waals surface area contributed by atoms with E-state index in [0.29, 0.717) is 0 Å². The molecule has 27 nitrogen and oxygen atoms in total. The zero-order chi connectivity index (χ0) is 45.4. The lowest BCUT2D eigenvalue weighted by Gasteiger charge is -2.08. The van der Waals surface area contributed by atoms with Gasteiger partial charge in [0.1, 0.15) is 11.6 Å². The van der Waals surface area contributed by atoms with Crippen LogP contribution in [0.4, 0.5) is 40.3 Å². The summed E-state index contributed by atoms with van der Waals surface area (Å²) in [4.78, 5) is 58.3. The molecule has 0 radical (unpaired) electrons. The highest BCUT2D eigenvalue weighted by atomic mass is 16.4. The number of aromatic nitrogens is 10. The number of nitrogen functional groups attached to an aromatic ring is 2. The summed E-state index contributed by atoms with van der Waals surface area (Å²) >= 11 is 0. The molecule has 312 valence electrons. The van der Waals surface area contributed by atoms with Crippen LogP contribution in [0.2, 0.25) is 0 Å². The van der Waals surface area contributed by atoms with Gasteiger partial charge in [-0.3, -0.25) is 0 Å². The van der Waals surface area contributed by atoms with Gasteiger partial charge in [-0.15, -0.1) is 20.5 Å². The Kier molecular flexibility index (Phi) is 10.3. The van der Waals surface area contributed by atoms with Crippen molar-refractivity contribution in [1.82, 2.24) is 49.1 Å². The topological polar surface area (TPSA) is 396 Å². The molecule has 9 N–H and O–H groups in total. The third-order valence-electron chi connectivity index (χ3n) is 8.76. The van der Waals surface area contributed by atoms with Crippen molar-refractivity contribution < 1.29 is 44.7 Å². The zero-order valence-electron chi connectivity index (χ0n) is 31.9. The Morgan fingerprint density at radius 2 is 1.06 bits per heavy atom. The SMILES string of the molecule is [C-]#[N+]c1cnn(-c2cc(C(=O)O)cc(C(=O)O)c2)c1N=Nc1c(C)nn(-c2cc(-n3nc(C)c(N=Nc4c(C#N)cnn4-c4cc(C(=O)O)cc(C(=O)O)c4)c3N)nc(O)n2)c1N. The molecule has 7 aromatic rings. The van der Waals surface area contributed by atoms with Gasteiger partial charge in [-0.25, -0.2) is 33.4 Å². The summed E-state index contributed by atoms with van der Waals surface area (Å²) < 4.78 is 4.19. The smallest absolute Gasteiger partial charge is 0.335 e. The minimum Gasteiger partial charge on any atom is -0.479 e. The van der Waals surface area contributed by atoms with Crippen LogP contribution < -0.4 is 11.5 Å². The molecule has 2 aromatic carbocycles. The first kappa shape index (κ1) is 41.0. The number of nitriles is 1. The van der Waals surface area contributed by atoms with Crippen LogP contribution in [0.3, 0.4) is 0 Å². The van der Waals surface area contributed by atoms with Gasteiger partial charge in [-0.05, 0) is 50.2 Å². The highest BCUT2D eigenvalue weighted by Crippen LogP contribution is 2.37. The molecule has 0 saturated carbocycles. The van der Waals surface area contributed by atoms with Gasteiger partial charge in [0.15, 0.2) is 46.3 Å². The number of aromatic hydroxyl groups is 1. The Morgan fingerprint density at radius 1 is 0.651 bits per heavy atom. The quantitative estimate of drug-likeness (QED) is 0.0643. The molecule has 0 spiro atoms. The number of carbonyl (C=O) groups is 4. The molecule has 5 heterocycles. The van der Waals surface area contributed by atoms with Gasteiger partial charge in [0, 0.05) is 6.07 Å². The number of hydrogen-bond acceptors (Lipinski definition) is 18.